The summed E-state index contributed by atoms with van der Waals surface area (Å²) in [5.41, 5.74) is 6.77. The first kappa shape index (κ1) is 15.6. The van der Waals surface area contributed by atoms with Crippen LogP contribution in [0, 0.1) is 0 Å². The molecule has 0 heterocycles. The summed E-state index contributed by atoms with van der Waals surface area (Å²) >= 11 is 0. The van der Waals surface area contributed by atoms with E-state index in [1.807, 2.05) is 60.7 Å². The molecule has 24 heavy (non-hydrogen) atoms. The Balaban J connectivity index is 1.78. The smallest absolute Gasteiger partial charge is 0.252 e. The van der Waals surface area contributed by atoms with Gasteiger partial charge in [0.15, 0.2) is 0 Å². The number of hydrogen-bond donors (Lipinski definition) is 1. The van der Waals surface area contributed by atoms with E-state index in [4.69, 9.17) is 15.2 Å². The van der Waals surface area contributed by atoms with Crippen molar-refractivity contribution in [1.29, 1.82) is 0 Å². The summed E-state index contributed by atoms with van der Waals surface area (Å²) in [6, 6.07) is 24.1. The van der Waals surface area contributed by atoms with Crippen LogP contribution < -0.4 is 15.2 Å². The van der Waals surface area contributed by atoms with E-state index in [2.05, 4.69) is 0 Å². The monoisotopic (exact) mass is 319 g/mol. The van der Waals surface area contributed by atoms with E-state index in [0.717, 1.165) is 5.56 Å². The molecule has 3 rings (SSSR count). The second-order valence-electron chi connectivity index (χ2n) is 5.21. The highest BCUT2D eigenvalue weighted by atomic mass is 16.5. The molecule has 3 aromatic carbocycles. The highest BCUT2D eigenvalue weighted by Crippen LogP contribution is 2.28. The molecule has 0 aliphatic rings. The Morgan fingerprint density at radius 1 is 0.833 bits per heavy atom. The van der Waals surface area contributed by atoms with Gasteiger partial charge >= 0.3 is 0 Å². The fourth-order valence-corrected chi connectivity index (χ4v) is 2.25. The van der Waals surface area contributed by atoms with Crippen molar-refractivity contribution in [3.05, 3.63) is 90.0 Å². The largest absolute Gasteiger partial charge is 0.488 e. The number of ether oxygens (including phenoxy) is 2. The van der Waals surface area contributed by atoms with Crippen molar-refractivity contribution < 1.29 is 14.3 Å². The van der Waals surface area contributed by atoms with Crippen molar-refractivity contribution in [1.82, 2.24) is 0 Å². The fraction of sp³-hybridized carbons (Fsp3) is 0.0500. The lowest BCUT2D eigenvalue weighted by molar-refractivity contribution is 0.0995. The highest BCUT2D eigenvalue weighted by molar-refractivity contribution is 5.96. The first-order chi connectivity index (χ1) is 11.7. The minimum absolute atomic E-state index is 0.291. The van der Waals surface area contributed by atoms with Crippen LogP contribution in [-0.2, 0) is 6.61 Å². The molecule has 3 aromatic rings. The average Bonchev–Trinajstić information content (AvgIpc) is 2.62. The van der Waals surface area contributed by atoms with Crippen molar-refractivity contribution in [3.63, 3.8) is 0 Å². The van der Waals surface area contributed by atoms with E-state index in [9.17, 15) is 4.79 Å². The lowest BCUT2D eigenvalue weighted by atomic mass is 10.1. The van der Waals surface area contributed by atoms with Gasteiger partial charge in [-0.15, -0.1) is 0 Å². The molecule has 0 aliphatic heterocycles. The summed E-state index contributed by atoms with van der Waals surface area (Å²) in [5.74, 6) is 1.09. The van der Waals surface area contributed by atoms with Crippen LogP contribution in [0.5, 0.6) is 17.2 Å². The van der Waals surface area contributed by atoms with E-state index in [0.29, 0.717) is 29.4 Å². The van der Waals surface area contributed by atoms with Crippen LogP contribution in [0.2, 0.25) is 0 Å². The fourth-order valence-electron chi connectivity index (χ4n) is 2.25. The van der Waals surface area contributed by atoms with Gasteiger partial charge in [0.25, 0.3) is 5.91 Å². The number of carbonyl (C=O) groups excluding carboxylic acids is 1. The zero-order valence-electron chi connectivity index (χ0n) is 13.0. The summed E-state index contributed by atoms with van der Waals surface area (Å²) in [4.78, 5) is 11.7. The minimum Gasteiger partial charge on any atom is -0.488 e. The number of rotatable bonds is 6. The first-order valence-electron chi connectivity index (χ1n) is 7.56. The predicted molar refractivity (Wildman–Crippen MR) is 92.2 cm³/mol. The molecule has 0 saturated heterocycles. The lowest BCUT2D eigenvalue weighted by Crippen LogP contribution is -2.13. The van der Waals surface area contributed by atoms with Crippen LogP contribution in [0.25, 0.3) is 0 Å². The summed E-state index contributed by atoms with van der Waals surface area (Å²) in [6.45, 7) is 0.361. The number of nitrogens with two attached hydrogens (primary N) is 1. The van der Waals surface area contributed by atoms with E-state index in [1.165, 1.54) is 0 Å². The van der Waals surface area contributed by atoms with Gasteiger partial charge in [0.05, 0.1) is 5.56 Å². The number of para-hydroxylation sites is 1. The van der Waals surface area contributed by atoms with Crippen LogP contribution >= 0.6 is 0 Å². The summed E-state index contributed by atoms with van der Waals surface area (Å²) < 4.78 is 11.5. The van der Waals surface area contributed by atoms with Gasteiger partial charge in [-0.2, -0.15) is 0 Å². The van der Waals surface area contributed by atoms with Gasteiger partial charge in [-0.3, -0.25) is 4.79 Å². The maximum atomic E-state index is 11.7. The Morgan fingerprint density at radius 3 is 2.17 bits per heavy atom. The van der Waals surface area contributed by atoms with Crippen molar-refractivity contribution >= 4 is 5.91 Å². The normalized spacial score (nSPS) is 10.2. The molecule has 0 radical (unpaired) electrons. The topological polar surface area (TPSA) is 61.6 Å². The standard InChI is InChI=1S/C20H17NO3/c21-20(22)18-13-17(24-16-9-5-2-6-10-16)11-12-19(18)23-14-15-7-3-1-4-8-15/h1-13H,14H2,(H2,21,22). The van der Waals surface area contributed by atoms with Gasteiger partial charge in [-0.05, 0) is 35.9 Å². The Labute approximate surface area is 140 Å². The molecule has 0 atom stereocenters. The molecule has 0 aliphatic carbocycles. The van der Waals surface area contributed by atoms with Crippen molar-refractivity contribution in [3.8, 4) is 17.2 Å². The number of carbonyl (C=O) groups is 1. The molecule has 0 spiro atoms. The van der Waals surface area contributed by atoms with E-state index >= 15 is 0 Å². The van der Waals surface area contributed by atoms with Crippen LogP contribution in [0.15, 0.2) is 78.9 Å². The Kier molecular flexibility index (Phi) is 4.77. The van der Waals surface area contributed by atoms with Crippen LogP contribution in [0.1, 0.15) is 15.9 Å². The number of amides is 1. The molecule has 0 unspecified atom stereocenters. The molecule has 4 nitrogen and oxygen atoms in total. The van der Waals surface area contributed by atoms with E-state index < -0.39 is 5.91 Å². The molecule has 0 fully saturated rings. The predicted octanol–water partition coefficient (Wildman–Crippen LogP) is 4.16. The van der Waals surface area contributed by atoms with Gasteiger partial charge in [0, 0.05) is 0 Å². The molecule has 0 saturated carbocycles. The van der Waals surface area contributed by atoms with E-state index in [-0.39, 0.29) is 0 Å². The van der Waals surface area contributed by atoms with Gasteiger partial charge in [-0.1, -0.05) is 48.5 Å². The zero-order valence-corrected chi connectivity index (χ0v) is 13.0. The Bertz CT molecular complexity index is 817. The maximum Gasteiger partial charge on any atom is 0.252 e. The van der Waals surface area contributed by atoms with Crippen molar-refractivity contribution in [2.24, 2.45) is 5.73 Å². The molecule has 0 bridgehead atoms. The second-order valence-corrected chi connectivity index (χ2v) is 5.21. The van der Waals surface area contributed by atoms with Crippen molar-refractivity contribution in [2.75, 3.05) is 0 Å². The summed E-state index contributed by atoms with van der Waals surface area (Å²) in [5, 5.41) is 0. The summed E-state index contributed by atoms with van der Waals surface area (Å²) in [7, 11) is 0. The van der Waals surface area contributed by atoms with Gasteiger partial charge in [0.1, 0.15) is 23.9 Å². The zero-order chi connectivity index (χ0) is 16.8. The highest BCUT2D eigenvalue weighted by Gasteiger charge is 2.12. The molecule has 1 amide bonds. The third-order valence-corrected chi connectivity index (χ3v) is 3.43. The lowest BCUT2D eigenvalue weighted by Gasteiger charge is -2.12. The quantitative estimate of drug-likeness (QED) is 0.742. The molecule has 4 heteroatoms. The van der Waals surface area contributed by atoms with Crippen LogP contribution in [0.4, 0.5) is 0 Å². The molecular formula is C20H17NO3. The average molecular weight is 319 g/mol. The molecular weight excluding hydrogens is 302 g/mol. The van der Waals surface area contributed by atoms with Crippen LogP contribution in [-0.4, -0.2) is 5.91 Å². The van der Waals surface area contributed by atoms with Gasteiger partial charge in [0.2, 0.25) is 0 Å². The molecule has 2 N–H and O–H groups in total. The first-order valence-corrected chi connectivity index (χ1v) is 7.56. The Morgan fingerprint density at radius 2 is 1.50 bits per heavy atom. The molecule has 0 aromatic heterocycles. The van der Waals surface area contributed by atoms with Gasteiger partial charge < -0.3 is 15.2 Å². The Hall–Kier alpha value is -3.27. The number of primary amides is 1. The van der Waals surface area contributed by atoms with Gasteiger partial charge in [-0.25, -0.2) is 0 Å². The minimum atomic E-state index is -0.559. The maximum absolute atomic E-state index is 11.7. The van der Waals surface area contributed by atoms with E-state index in [1.54, 1.807) is 18.2 Å². The summed E-state index contributed by atoms with van der Waals surface area (Å²) in [6.07, 6.45) is 0. The third kappa shape index (κ3) is 3.93. The number of benzene rings is 3. The third-order valence-electron chi connectivity index (χ3n) is 3.43. The number of hydrogen-bond acceptors (Lipinski definition) is 3. The SMILES string of the molecule is NC(=O)c1cc(Oc2ccccc2)ccc1OCc1ccccc1. The molecule has 120 valence electrons. The van der Waals surface area contributed by atoms with Crippen molar-refractivity contribution in [2.45, 2.75) is 6.61 Å². The van der Waals surface area contributed by atoms with Crippen LogP contribution in [0.3, 0.4) is 0 Å². The second kappa shape index (κ2) is 7.33.